The maximum atomic E-state index is 13.1. The molecular formula is C35H48ClN7O6. The van der Waals surface area contributed by atoms with Crippen LogP contribution in [-0.2, 0) is 28.0 Å². The third-order valence-corrected chi connectivity index (χ3v) is 11.2. The minimum Gasteiger partial charge on any atom is -1.00 e. The van der Waals surface area contributed by atoms with Gasteiger partial charge in [0, 0.05) is 70.0 Å². The number of carbonyl (C=O) groups is 3. The summed E-state index contributed by atoms with van der Waals surface area (Å²) in [5.74, 6) is 1.34. The number of benzene rings is 2. The van der Waals surface area contributed by atoms with Crippen LogP contribution >= 0.6 is 0 Å². The number of aromatic hydroxyl groups is 1. The van der Waals surface area contributed by atoms with Crippen LogP contribution in [0.3, 0.4) is 0 Å². The fourth-order valence-electron chi connectivity index (χ4n) is 8.67. The molecule has 2 aliphatic carbocycles. The van der Waals surface area contributed by atoms with Gasteiger partial charge in [0.25, 0.3) is 0 Å². The van der Waals surface area contributed by atoms with Gasteiger partial charge < -0.3 is 58.5 Å². The van der Waals surface area contributed by atoms with Gasteiger partial charge in [0.1, 0.15) is 12.3 Å². The maximum absolute atomic E-state index is 13.1. The molecule has 2 aliphatic heterocycles. The van der Waals surface area contributed by atoms with E-state index < -0.39 is 18.2 Å². The van der Waals surface area contributed by atoms with Crippen LogP contribution in [0, 0.1) is 5.92 Å². The number of phenols is 1. The number of ether oxygens (including phenoxy) is 2. The van der Waals surface area contributed by atoms with Crippen LogP contribution in [0.5, 0.6) is 17.2 Å². The number of nitrogens with zero attached hydrogens (tertiary/aromatic N) is 4. The van der Waals surface area contributed by atoms with Crippen LogP contribution < -0.4 is 39.1 Å². The molecule has 13 nitrogen and oxygen atoms in total. The summed E-state index contributed by atoms with van der Waals surface area (Å²) in [4.78, 5) is 45.4. The van der Waals surface area contributed by atoms with Crippen molar-refractivity contribution < 1.29 is 45.9 Å². The van der Waals surface area contributed by atoms with E-state index in [0.717, 1.165) is 48.0 Å². The number of quaternary nitrogens is 1. The average Bonchev–Trinajstić information content (AvgIpc) is 3.42. The van der Waals surface area contributed by atoms with E-state index in [1.165, 1.54) is 15.4 Å². The van der Waals surface area contributed by atoms with E-state index >= 15 is 0 Å². The summed E-state index contributed by atoms with van der Waals surface area (Å²) < 4.78 is 12.7. The van der Waals surface area contributed by atoms with Crippen molar-refractivity contribution in [2.45, 2.75) is 68.7 Å². The molecule has 0 radical (unpaired) electrons. The molecule has 2 aromatic rings. The highest BCUT2D eigenvalue weighted by molar-refractivity contribution is 5.89. The second-order valence-corrected chi connectivity index (χ2v) is 14.2. The van der Waals surface area contributed by atoms with Gasteiger partial charge in [-0.3, -0.25) is 14.6 Å². The van der Waals surface area contributed by atoms with Gasteiger partial charge in [0.15, 0.2) is 29.3 Å². The third kappa shape index (κ3) is 6.63. The predicted molar refractivity (Wildman–Crippen MR) is 179 cm³/mol. The van der Waals surface area contributed by atoms with Crippen LogP contribution in [0.4, 0.5) is 4.79 Å². The Morgan fingerprint density at radius 2 is 1.86 bits per heavy atom. The van der Waals surface area contributed by atoms with E-state index in [1.807, 2.05) is 30.3 Å². The number of likely N-dealkylation sites (N-methyl/N-ethyl adjacent to an activating group) is 3. The van der Waals surface area contributed by atoms with Gasteiger partial charge in [-0.15, -0.1) is 0 Å². The minimum absolute atomic E-state index is 0. The van der Waals surface area contributed by atoms with Crippen LogP contribution in [-0.4, -0.2) is 109 Å². The molecule has 0 aromatic heterocycles. The standard InChI is InChI=1S/C35H47N7O6.ClH/c1-40(32(45)25(36)5-4-15-39-33(37)38)16-17-41(2)34(46)47-23-9-6-21(7-10-23)20-42(3)18-14-35-24-11-13-28(44)31(35)48-30-27(43)12-8-22(29(30)35)19-26(24)42;/h6-10,12,24-26,31H,4-5,11,13-20,36H2,1-3H3,(H4-,37,38,39,43);1H/t24-,25-,26+,31-,35-,42+;/m0./s1. The van der Waals surface area contributed by atoms with E-state index in [9.17, 15) is 19.5 Å². The Morgan fingerprint density at radius 1 is 1.14 bits per heavy atom. The molecule has 6 rings (SSSR count). The molecule has 2 aromatic carbocycles. The fourth-order valence-corrected chi connectivity index (χ4v) is 8.67. The van der Waals surface area contributed by atoms with Gasteiger partial charge in [-0.1, -0.05) is 6.07 Å². The van der Waals surface area contributed by atoms with Crippen molar-refractivity contribution >= 4 is 23.7 Å². The van der Waals surface area contributed by atoms with Gasteiger partial charge in [0.05, 0.1) is 31.1 Å². The Balaban J connectivity index is 0.00000468. The quantitative estimate of drug-likeness (QED) is 0.0950. The average molecular weight is 698 g/mol. The molecule has 1 saturated carbocycles. The number of likely N-dealkylation sites (tertiary alicyclic amines) is 1. The molecular weight excluding hydrogens is 650 g/mol. The smallest absolute Gasteiger partial charge is 0.415 e. The van der Waals surface area contributed by atoms with Gasteiger partial charge in [-0.25, -0.2) is 4.79 Å². The number of ketones is 1. The summed E-state index contributed by atoms with van der Waals surface area (Å²) in [6.45, 7) is 2.69. The molecule has 2 heterocycles. The number of aliphatic imine (C=N–C) groups is 1. The molecule has 2 bridgehead atoms. The number of Topliss-reactive ketones (excluding diaryl/α,β-unsaturated/α-hetero) is 1. The Labute approximate surface area is 293 Å². The third-order valence-electron chi connectivity index (χ3n) is 11.2. The number of hydrogen-bond acceptors (Lipinski definition) is 8. The number of rotatable bonds is 11. The number of nitrogens with two attached hydrogens (primary N) is 3. The largest absolute Gasteiger partial charge is 1.00 e. The van der Waals surface area contributed by atoms with Crippen molar-refractivity contribution in [2.24, 2.45) is 28.1 Å². The number of hydrogen-bond donors (Lipinski definition) is 4. The van der Waals surface area contributed by atoms with Gasteiger partial charge in [-0.2, -0.15) is 0 Å². The Bertz CT molecular complexity index is 1620. The van der Waals surface area contributed by atoms with Crippen molar-refractivity contribution in [2.75, 3.05) is 47.3 Å². The number of guanidine groups is 1. The summed E-state index contributed by atoms with van der Waals surface area (Å²) in [6, 6.07) is 11.0. The molecule has 2 amide bonds. The second kappa shape index (κ2) is 14.0. The number of piperidine rings is 1. The first-order valence-electron chi connectivity index (χ1n) is 16.8. The normalized spacial score (nSPS) is 26.4. The molecule has 0 unspecified atom stereocenters. The predicted octanol–water partition coefficient (Wildman–Crippen LogP) is -1.38. The number of phenolic OH excluding ortho intramolecular Hbond substituents is 1. The Morgan fingerprint density at radius 3 is 2.57 bits per heavy atom. The highest BCUT2D eigenvalue weighted by atomic mass is 35.5. The van der Waals surface area contributed by atoms with Crippen molar-refractivity contribution in [1.82, 2.24) is 9.80 Å². The molecule has 1 saturated heterocycles. The van der Waals surface area contributed by atoms with Crippen molar-refractivity contribution in [3.05, 3.63) is 53.1 Å². The van der Waals surface area contributed by atoms with Gasteiger partial charge in [0.2, 0.25) is 5.91 Å². The lowest BCUT2D eigenvalue weighted by atomic mass is 9.51. The zero-order valence-corrected chi connectivity index (χ0v) is 29.2. The number of amides is 2. The zero-order valence-electron chi connectivity index (χ0n) is 28.4. The molecule has 49 heavy (non-hydrogen) atoms. The van der Waals surface area contributed by atoms with E-state index in [1.54, 1.807) is 20.2 Å². The highest BCUT2D eigenvalue weighted by Gasteiger charge is 2.69. The van der Waals surface area contributed by atoms with Crippen LogP contribution in [0.1, 0.15) is 48.8 Å². The van der Waals surface area contributed by atoms with Gasteiger partial charge in [-0.05, 0) is 55.2 Å². The molecule has 2 fully saturated rings. The monoisotopic (exact) mass is 697 g/mol. The van der Waals surface area contributed by atoms with Crippen molar-refractivity contribution in [3.8, 4) is 17.2 Å². The lowest BCUT2D eigenvalue weighted by molar-refractivity contribution is -0.957. The van der Waals surface area contributed by atoms with Crippen LogP contribution in [0.25, 0.3) is 0 Å². The first kappa shape index (κ1) is 36.2. The zero-order chi connectivity index (χ0) is 34.4. The molecule has 266 valence electrons. The number of carbonyl (C=O) groups excluding carboxylic acids is 3. The molecule has 1 spiro atoms. The van der Waals surface area contributed by atoms with Gasteiger partial charge >= 0.3 is 6.09 Å². The van der Waals surface area contributed by atoms with Crippen LogP contribution in [0.15, 0.2) is 41.4 Å². The number of halogens is 1. The summed E-state index contributed by atoms with van der Waals surface area (Å²) in [7, 11) is 5.60. The minimum atomic E-state index is -0.674. The van der Waals surface area contributed by atoms with E-state index in [0.29, 0.717) is 55.8 Å². The first-order valence-corrected chi connectivity index (χ1v) is 16.8. The summed E-state index contributed by atoms with van der Waals surface area (Å²) in [5, 5.41) is 10.6. The van der Waals surface area contributed by atoms with Crippen molar-refractivity contribution in [1.29, 1.82) is 0 Å². The fraction of sp³-hybridized carbons (Fsp3) is 0.543. The molecule has 7 N–H and O–H groups in total. The van der Waals surface area contributed by atoms with Crippen LogP contribution in [0.2, 0.25) is 0 Å². The molecule has 14 heteroatoms. The molecule has 6 atom stereocenters. The lowest BCUT2D eigenvalue weighted by Crippen LogP contribution is -3.00. The highest BCUT2D eigenvalue weighted by Crippen LogP contribution is 2.64. The first-order chi connectivity index (χ1) is 22.8. The van der Waals surface area contributed by atoms with Crippen molar-refractivity contribution in [3.63, 3.8) is 0 Å². The Hall–Kier alpha value is -4.07. The SMILES string of the molecule is CN(CCN(C)C(=O)[C@@H](N)CCCN=C(N)N)C(=O)Oc1ccc(C[N@@+]2(C)CC[C@]34c5c6ccc(O)c5O[C@H]3C(=O)CC[C@H]4[C@H]2C6)cc1.[Cl-]. The molecule has 4 aliphatic rings. The van der Waals surface area contributed by atoms with E-state index in [2.05, 4.69) is 12.0 Å². The maximum Gasteiger partial charge on any atom is 0.415 e. The van der Waals surface area contributed by atoms with E-state index in [4.69, 9.17) is 26.7 Å². The Kier molecular flexibility index (Phi) is 10.4. The second-order valence-electron chi connectivity index (χ2n) is 14.2. The lowest BCUT2D eigenvalue weighted by Gasteiger charge is -2.60. The summed E-state index contributed by atoms with van der Waals surface area (Å²) in [6.07, 6.45) is 3.07. The van der Waals surface area contributed by atoms with E-state index in [-0.39, 0.29) is 47.8 Å². The summed E-state index contributed by atoms with van der Waals surface area (Å²) in [5.41, 5.74) is 19.7. The summed E-state index contributed by atoms with van der Waals surface area (Å²) >= 11 is 0. The topological polar surface area (TPSA) is 187 Å².